The number of nitrogens with one attached hydrogen (secondary N) is 1. The van der Waals surface area contributed by atoms with E-state index in [0.29, 0.717) is 32.8 Å². The van der Waals surface area contributed by atoms with Crippen molar-refractivity contribution in [3.8, 4) is 11.5 Å². The van der Waals surface area contributed by atoms with Gasteiger partial charge in [0, 0.05) is 31.2 Å². The van der Waals surface area contributed by atoms with Crippen LogP contribution in [0.1, 0.15) is 24.2 Å². The molecule has 0 fully saturated rings. The van der Waals surface area contributed by atoms with Gasteiger partial charge in [-0.05, 0) is 30.3 Å². The van der Waals surface area contributed by atoms with Gasteiger partial charge in [0.1, 0.15) is 0 Å². The third-order valence-electron chi connectivity index (χ3n) is 3.09. The summed E-state index contributed by atoms with van der Waals surface area (Å²) in [4.78, 5) is 12.2. The molecule has 2 aromatic carbocycles. The van der Waals surface area contributed by atoms with Gasteiger partial charge in [-0.2, -0.15) is 0 Å². The molecule has 3 rings (SSSR count). The number of benzene rings is 2. The largest absolute Gasteiger partial charge is 0.449 e. The average Bonchev–Trinajstić information content (AvgIpc) is 2.75. The van der Waals surface area contributed by atoms with Crippen molar-refractivity contribution in [1.82, 2.24) is 0 Å². The quantitative estimate of drug-likeness (QED) is 0.859. The van der Waals surface area contributed by atoms with Crippen LogP contribution in [0.25, 0.3) is 0 Å². The van der Waals surface area contributed by atoms with Crippen LogP contribution in [0.15, 0.2) is 36.4 Å². The Bertz CT molecular complexity index is 759. The number of amides is 1. The van der Waals surface area contributed by atoms with E-state index in [-0.39, 0.29) is 5.91 Å². The zero-order valence-corrected chi connectivity index (χ0v) is 13.5. The Morgan fingerprint density at radius 1 is 1.00 bits per heavy atom. The predicted molar refractivity (Wildman–Crippen MR) is 86.2 cm³/mol. The molecular formula is C16H13Cl2NO3. The number of carbonyl (C=O) groups is 1. The molecule has 0 unspecified atom stereocenters. The minimum Gasteiger partial charge on any atom is -0.449 e. The Morgan fingerprint density at radius 2 is 1.73 bits per heavy atom. The first-order chi connectivity index (χ1) is 10.3. The molecule has 1 aliphatic heterocycles. The Morgan fingerprint density at radius 3 is 2.45 bits per heavy atom. The summed E-state index contributed by atoms with van der Waals surface area (Å²) in [6.45, 7) is 3.64. The summed E-state index contributed by atoms with van der Waals surface area (Å²) < 4.78 is 11.2. The summed E-state index contributed by atoms with van der Waals surface area (Å²) >= 11 is 11.8. The summed E-state index contributed by atoms with van der Waals surface area (Å²) in [5.74, 6) is 0.264. The number of hydrogen-bond acceptors (Lipinski definition) is 3. The van der Waals surface area contributed by atoms with Gasteiger partial charge >= 0.3 is 0 Å². The second-order valence-electron chi connectivity index (χ2n) is 5.35. The van der Waals surface area contributed by atoms with E-state index >= 15 is 0 Å². The third-order valence-corrected chi connectivity index (χ3v) is 3.83. The number of halogens is 2. The van der Waals surface area contributed by atoms with Crippen LogP contribution in [0.4, 0.5) is 5.69 Å². The summed E-state index contributed by atoms with van der Waals surface area (Å²) in [6.07, 6.45) is 0. The van der Waals surface area contributed by atoms with Gasteiger partial charge in [0.15, 0.2) is 11.5 Å². The van der Waals surface area contributed by atoms with Gasteiger partial charge in [0.2, 0.25) is 5.79 Å². The molecule has 0 spiro atoms. The lowest BCUT2D eigenvalue weighted by Crippen LogP contribution is -2.29. The standard InChI is InChI=1S/C16H13Cl2NO3/c1-16(2)21-13-6-4-10(8-14(13)22-16)19-15(20)9-3-5-11(17)12(18)7-9/h3-8H,1-2H3,(H,19,20). The van der Waals surface area contributed by atoms with Crippen LogP contribution < -0.4 is 14.8 Å². The fourth-order valence-electron chi connectivity index (χ4n) is 2.14. The topological polar surface area (TPSA) is 47.6 Å². The minimum atomic E-state index is -0.700. The minimum absolute atomic E-state index is 0.281. The fraction of sp³-hybridized carbons (Fsp3) is 0.188. The van der Waals surface area contributed by atoms with Crippen LogP contribution in [0.5, 0.6) is 11.5 Å². The summed E-state index contributed by atoms with van der Waals surface area (Å²) in [6, 6.07) is 9.95. The molecule has 0 bridgehead atoms. The highest BCUT2D eigenvalue weighted by Gasteiger charge is 2.31. The average molecular weight is 338 g/mol. The van der Waals surface area contributed by atoms with Crippen molar-refractivity contribution in [2.24, 2.45) is 0 Å². The molecule has 1 heterocycles. The zero-order chi connectivity index (χ0) is 15.9. The van der Waals surface area contributed by atoms with E-state index in [2.05, 4.69) is 5.32 Å². The highest BCUT2D eigenvalue weighted by Crippen LogP contribution is 2.40. The maximum atomic E-state index is 12.2. The predicted octanol–water partition coefficient (Wildman–Crippen LogP) is 4.75. The lowest BCUT2D eigenvalue weighted by Gasteiger charge is -2.16. The van der Waals surface area contributed by atoms with Gasteiger partial charge < -0.3 is 14.8 Å². The number of rotatable bonds is 2. The molecule has 1 amide bonds. The van der Waals surface area contributed by atoms with Crippen LogP contribution in [0.3, 0.4) is 0 Å². The molecular weight excluding hydrogens is 325 g/mol. The summed E-state index contributed by atoms with van der Waals surface area (Å²) in [5, 5.41) is 3.53. The van der Waals surface area contributed by atoms with E-state index in [4.69, 9.17) is 32.7 Å². The van der Waals surface area contributed by atoms with Gasteiger partial charge in [0.25, 0.3) is 5.91 Å². The van der Waals surface area contributed by atoms with E-state index in [1.165, 1.54) is 6.07 Å². The third kappa shape index (κ3) is 2.98. The molecule has 114 valence electrons. The van der Waals surface area contributed by atoms with Gasteiger partial charge in [-0.3, -0.25) is 4.79 Å². The number of ether oxygens (including phenoxy) is 2. The lowest BCUT2D eigenvalue weighted by molar-refractivity contribution is -0.0431. The maximum absolute atomic E-state index is 12.2. The molecule has 4 nitrogen and oxygen atoms in total. The molecule has 1 aliphatic rings. The number of carbonyl (C=O) groups excluding carboxylic acids is 1. The molecule has 0 aliphatic carbocycles. The van der Waals surface area contributed by atoms with E-state index < -0.39 is 5.79 Å². The van der Waals surface area contributed by atoms with Crippen molar-refractivity contribution in [1.29, 1.82) is 0 Å². The van der Waals surface area contributed by atoms with Crippen molar-refractivity contribution in [2.45, 2.75) is 19.6 Å². The molecule has 0 radical (unpaired) electrons. The normalized spacial score (nSPS) is 14.7. The van der Waals surface area contributed by atoms with Crippen LogP contribution in [-0.2, 0) is 0 Å². The molecule has 1 N–H and O–H groups in total. The number of hydrogen-bond donors (Lipinski definition) is 1. The first kappa shape index (κ1) is 15.0. The highest BCUT2D eigenvalue weighted by molar-refractivity contribution is 6.42. The Balaban J connectivity index is 1.79. The van der Waals surface area contributed by atoms with Gasteiger partial charge in [-0.25, -0.2) is 0 Å². The van der Waals surface area contributed by atoms with Crippen LogP contribution in [0, 0.1) is 0 Å². The first-order valence-corrected chi connectivity index (χ1v) is 7.38. The SMILES string of the molecule is CC1(C)Oc2ccc(NC(=O)c3ccc(Cl)c(Cl)c3)cc2O1. The van der Waals surface area contributed by atoms with Crippen molar-refractivity contribution in [3.63, 3.8) is 0 Å². The monoisotopic (exact) mass is 337 g/mol. The van der Waals surface area contributed by atoms with E-state index in [0.717, 1.165) is 0 Å². The molecule has 0 atom stereocenters. The molecule has 2 aromatic rings. The van der Waals surface area contributed by atoms with Crippen molar-refractivity contribution < 1.29 is 14.3 Å². The van der Waals surface area contributed by atoms with Gasteiger partial charge in [-0.15, -0.1) is 0 Å². The van der Waals surface area contributed by atoms with E-state index in [1.807, 2.05) is 13.8 Å². The number of anilines is 1. The maximum Gasteiger partial charge on any atom is 0.255 e. The molecule has 0 saturated heterocycles. The fourth-order valence-corrected chi connectivity index (χ4v) is 2.44. The molecule has 0 aromatic heterocycles. The van der Waals surface area contributed by atoms with Crippen LogP contribution >= 0.6 is 23.2 Å². The van der Waals surface area contributed by atoms with Crippen molar-refractivity contribution in [3.05, 3.63) is 52.0 Å². The Kier molecular flexibility index (Phi) is 3.67. The second-order valence-corrected chi connectivity index (χ2v) is 6.16. The van der Waals surface area contributed by atoms with Crippen molar-refractivity contribution >= 4 is 34.8 Å². The zero-order valence-electron chi connectivity index (χ0n) is 11.9. The summed E-state index contributed by atoms with van der Waals surface area (Å²) in [5.41, 5.74) is 1.03. The van der Waals surface area contributed by atoms with E-state index in [1.54, 1.807) is 30.3 Å². The van der Waals surface area contributed by atoms with Crippen LogP contribution in [0.2, 0.25) is 10.0 Å². The van der Waals surface area contributed by atoms with Gasteiger partial charge in [-0.1, -0.05) is 23.2 Å². The van der Waals surface area contributed by atoms with Crippen LogP contribution in [-0.4, -0.2) is 11.7 Å². The lowest BCUT2D eigenvalue weighted by atomic mass is 10.2. The Hall–Kier alpha value is -1.91. The Labute approximate surface area is 137 Å². The van der Waals surface area contributed by atoms with E-state index in [9.17, 15) is 4.79 Å². The van der Waals surface area contributed by atoms with Crippen molar-refractivity contribution in [2.75, 3.05) is 5.32 Å². The highest BCUT2D eigenvalue weighted by atomic mass is 35.5. The summed E-state index contributed by atoms with van der Waals surface area (Å²) in [7, 11) is 0. The molecule has 6 heteroatoms. The van der Waals surface area contributed by atoms with Gasteiger partial charge in [0.05, 0.1) is 10.0 Å². The number of fused-ring (bicyclic) bond motifs is 1. The smallest absolute Gasteiger partial charge is 0.255 e. The second kappa shape index (κ2) is 5.38. The first-order valence-electron chi connectivity index (χ1n) is 6.62. The molecule has 22 heavy (non-hydrogen) atoms. The molecule has 0 saturated carbocycles.